The number of hydrogen-bond donors (Lipinski definition) is 0. The van der Waals surface area contributed by atoms with Crippen molar-refractivity contribution in [3.8, 4) is 28.0 Å². The standard InChI is InChI=1S/C23H27O.C21H21.C2H6Si.2ClH.Zr/c1-14-8-15(2)11-18(10-14)21-19-12-16(3)9-17(19)13-20(22(21)24-7)23(4,5)6;1-13-7-14(2)10-18(9-13)21-19-6-4-5-16(19)12-17-8-15(3)11-20(17)21;1-3-2;;;/h8-13H,1-7H3;7-12H,4-6H2,1-3H3;1-2H3;2*1H;/q;;;;;+2/p-2. The average molecular weight is 813 g/mol. The molecule has 0 fully saturated rings. The second-order valence-electron chi connectivity index (χ2n) is 16.7. The molecule has 2 unspecified atom stereocenters. The summed E-state index contributed by atoms with van der Waals surface area (Å²) < 4.78 is 7.58. The Balaban J connectivity index is 0.00000252. The van der Waals surface area contributed by atoms with E-state index in [2.05, 4.69) is 136 Å². The smallest absolute Gasteiger partial charge is 1.00 e. The maximum atomic E-state index is 6.40. The van der Waals surface area contributed by atoms with Crippen molar-refractivity contribution in [2.24, 2.45) is 0 Å². The number of allylic oxidation sites excluding steroid dienone is 2. The van der Waals surface area contributed by atoms with E-state index in [0.29, 0.717) is 7.25 Å². The Morgan fingerprint density at radius 3 is 1.59 bits per heavy atom. The van der Waals surface area contributed by atoms with Crippen molar-refractivity contribution in [2.45, 2.75) is 107 Å². The first-order chi connectivity index (χ1) is 23.2. The van der Waals surface area contributed by atoms with Crippen molar-refractivity contribution in [3.63, 3.8) is 0 Å². The third kappa shape index (κ3) is 7.00. The number of ether oxygens (including phenoxy) is 1. The molecule has 0 bridgehead atoms. The van der Waals surface area contributed by atoms with Gasteiger partial charge in [0.2, 0.25) is 0 Å². The Morgan fingerprint density at radius 2 is 1.12 bits per heavy atom. The van der Waals surface area contributed by atoms with E-state index in [4.69, 9.17) is 4.74 Å². The maximum Gasteiger partial charge on any atom is -1.00 e. The van der Waals surface area contributed by atoms with Gasteiger partial charge in [-0.3, -0.25) is 0 Å². The van der Waals surface area contributed by atoms with Crippen molar-refractivity contribution >= 4 is 17.6 Å². The maximum absolute atomic E-state index is 6.40. The van der Waals surface area contributed by atoms with Gasteiger partial charge in [0.15, 0.2) is 0 Å². The molecule has 3 aliphatic carbocycles. The molecule has 266 valence electrons. The summed E-state index contributed by atoms with van der Waals surface area (Å²) in [5.74, 6) is 1.06. The quantitative estimate of drug-likeness (QED) is 0.208. The van der Waals surface area contributed by atoms with Crippen LogP contribution < -0.4 is 29.6 Å². The van der Waals surface area contributed by atoms with E-state index >= 15 is 0 Å². The van der Waals surface area contributed by atoms with Crippen molar-refractivity contribution < 1.29 is 49.9 Å². The van der Waals surface area contributed by atoms with Gasteiger partial charge in [0.1, 0.15) is 0 Å². The van der Waals surface area contributed by atoms with Gasteiger partial charge in [0.05, 0.1) is 0 Å². The van der Waals surface area contributed by atoms with Gasteiger partial charge in [-0.1, -0.05) is 0 Å². The van der Waals surface area contributed by atoms with Crippen LogP contribution in [0.4, 0.5) is 0 Å². The van der Waals surface area contributed by atoms with Crippen LogP contribution in [0.2, 0.25) is 13.1 Å². The van der Waals surface area contributed by atoms with Crippen LogP contribution in [0.15, 0.2) is 59.7 Å². The summed E-state index contributed by atoms with van der Waals surface area (Å²) in [5, 5.41) is 0. The van der Waals surface area contributed by atoms with E-state index in [1.807, 2.05) is 7.11 Å². The fraction of sp³-hybridized carbons (Fsp3) is 0.391. The zero-order valence-electron chi connectivity index (χ0n) is 32.7. The van der Waals surface area contributed by atoms with Gasteiger partial charge >= 0.3 is 306 Å². The Labute approximate surface area is 328 Å². The molecule has 4 aromatic carbocycles. The van der Waals surface area contributed by atoms with E-state index in [1.54, 1.807) is 44.5 Å². The molecule has 0 heterocycles. The number of benzene rings is 4. The van der Waals surface area contributed by atoms with Crippen LogP contribution in [-0.2, 0) is 38.6 Å². The first-order valence-corrected chi connectivity index (χ1v) is 27.4. The number of halogens is 2. The van der Waals surface area contributed by atoms with Crippen LogP contribution in [0.25, 0.3) is 34.4 Å². The van der Waals surface area contributed by atoms with E-state index in [1.165, 1.54) is 69.3 Å². The van der Waals surface area contributed by atoms with Gasteiger partial charge in [-0.25, -0.2) is 0 Å². The van der Waals surface area contributed by atoms with Gasteiger partial charge in [0, 0.05) is 0 Å². The molecule has 0 N–H and O–H groups in total. The van der Waals surface area contributed by atoms with Crippen molar-refractivity contribution in [2.75, 3.05) is 7.11 Å². The molecule has 0 spiro atoms. The van der Waals surface area contributed by atoms with Gasteiger partial charge in [0.25, 0.3) is 0 Å². The molecule has 2 atom stereocenters. The normalized spacial score (nSPS) is 16.9. The molecule has 51 heavy (non-hydrogen) atoms. The summed E-state index contributed by atoms with van der Waals surface area (Å²) in [6, 6.07) is 19.6. The largest absolute Gasteiger partial charge is 1.00 e. The van der Waals surface area contributed by atoms with Crippen LogP contribution in [0.3, 0.4) is 0 Å². The van der Waals surface area contributed by atoms with Crippen molar-refractivity contribution in [1.29, 1.82) is 0 Å². The minimum atomic E-state index is -2.30. The molecule has 3 aliphatic rings. The predicted octanol–water partition coefficient (Wildman–Crippen LogP) is 6.54. The first-order valence-electron chi connectivity index (χ1n) is 18.3. The van der Waals surface area contributed by atoms with Crippen LogP contribution >= 0.6 is 0 Å². The molecule has 0 aliphatic heterocycles. The fourth-order valence-corrected chi connectivity index (χ4v) is 30.2. The van der Waals surface area contributed by atoms with Crippen LogP contribution in [0.1, 0.15) is 109 Å². The second kappa shape index (κ2) is 14.9. The van der Waals surface area contributed by atoms with Gasteiger partial charge in [-0.2, -0.15) is 0 Å². The molecule has 1 nitrogen and oxygen atoms in total. The molecule has 0 aromatic heterocycles. The minimum Gasteiger partial charge on any atom is -1.00 e. The summed E-state index contributed by atoms with van der Waals surface area (Å²) in [7, 11) is 1.88. The topological polar surface area (TPSA) is 9.23 Å². The zero-order valence-corrected chi connectivity index (χ0v) is 37.7. The van der Waals surface area contributed by atoms with Crippen molar-refractivity contribution in [1.82, 2.24) is 0 Å². The molecule has 0 amide bonds. The Bertz CT molecular complexity index is 2120. The SMILES string of the molecule is COc1c(C(C)(C)C)cc2c(c1-c1cc(C)cc(C)c1)C=C(C)[CH]2[Zr+2]([CH]1C(C)=Cc2c1cc1c(c2-c2cc(C)cc(C)c2)CCC1)=[Si](C)C.[Cl-].[Cl-]. The first kappa shape index (κ1) is 40.0. The Kier molecular flexibility index (Phi) is 11.7. The summed E-state index contributed by atoms with van der Waals surface area (Å²) in [6.07, 6.45) is 8.93. The van der Waals surface area contributed by atoms with Crippen LogP contribution in [0.5, 0.6) is 5.75 Å². The molecule has 5 heteroatoms. The molecule has 7 rings (SSSR count). The van der Waals surface area contributed by atoms with Crippen LogP contribution in [-0.4, -0.2) is 12.5 Å². The van der Waals surface area contributed by atoms with E-state index < -0.39 is 25.8 Å². The molecular weight excluding hydrogens is 759 g/mol. The average Bonchev–Trinajstić information content (AvgIpc) is 3.68. The number of rotatable bonds is 5. The number of fused-ring (bicyclic) bond motifs is 3. The number of aryl methyl sites for hydroxylation is 5. The Morgan fingerprint density at radius 1 is 0.647 bits per heavy atom. The second-order valence-corrected chi connectivity index (χ2v) is 34.5. The van der Waals surface area contributed by atoms with E-state index in [-0.39, 0.29) is 30.2 Å². The molecule has 0 saturated heterocycles. The monoisotopic (exact) mass is 810 g/mol. The van der Waals surface area contributed by atoms with Gasteiger partial charge < -0.3 is 24.8 Å². The number of methoxy groups -OCH3 is 1. The zero-order chi connectivity index (χ0) is 35.1. The summed E-state index contributed by atoms with van der Waals surface area (Å²) >= 11 is -2.30. The fourth-order valence-electron chi connectivity index (χ4n) is 9.58. The molecule has 0 saturated carbocycles. The minimum absolute atomic E-state index is 0. The third-order valence-corrected chi connectivity index (χ3v) is 31.2. The molecule has 4 aromatic rings. The van der Waals surface area contributed by atoms with Gasteiger partial charge in [-0.15, -0.1) is 0 Å². The third-order valence-electron chi connectivity index (χ3n) is 11.3. The summed E-state index contributed by atoms with van der Waals surface area (Å²) in [5.41, 5.74) is 24.4. The van der Waals surface area contributed by atoms with Crippen molar-refractivity contribution in [3.05, 3.63) is 121 Å². The number of hydrogen-bond acceptors (Lipinski definition) is 1. The van der Waals surface area contributed by atoms with E-state index in [9.17, 15) is 0 Å². The summed E-state index contributed by atoms with van der Waals surface area (Å²) in [6.45, 7) is 26.3. The van der Waals surface area contributed by atoms with E-state index in [0.717, 1.165) is 5.75 Å². The Hall–Kier alpha value is -2.16. The molecule has 0 radical (unpaired) electrons. The summed E-state index contributed by atoms with van der Waals surface area (Å²) in [4.78, 5) is 0. The van der Waals surface area contributed by atoms with Crippen LogP contribution in [0, 0.1) is 27.7 Å². The predicted molar refractivity (Wildman–Crippen MR) is 210 cm³/mol. The van der Waals surface area contributed by atoms with Gasteiger partial charge in [-0.05, 0) is 0 Å². The molecular formula is C46H54Cl2OSiZr.